The Balaban J connectivity index is 1.34. The molecule has 4 rings (SSSR count). The zero-order valence-electron chi connectivity index (χ0n) is 16.1. The van der Waals surface area contributed by atoms with E-state index >= 15 is 0 Å². The molecular weight excluding hydrogens is 364 g/mol. The molecule has 3 heterocycles. The van der Waals surface area contributed by atoms with Crippen LogP contribution in [-0.4, -0.2) is 48.4 Å². The SMILES string of the molecule is CC(C)CC1CN(C(=O)c2coc(COc3ccc4c(c3)OCO4)n2)CCO1. The molecule has 1 atom stereocenters. The fourth-order valence-corrected chi connectivity index (χ4v) is 3.32. The molecule has 1 saturated heterocycles. The summed E-state index contributed by atoms with van der Waals surface area (Å²) in [7, 11) is 0. The number of aromatic nitrogens is 1. The van der Waals surface area contributed by atoms with Crippen LogP contribution in [0.5, 0.6) is 17.2 Å². The molecule has 2 aromatic rings. The molecule has 1 amide bonds. The smallest absolute Gasteiger partial charge is 0.275 e. The van der Waals surface area contributed by atoms with E-state index in [-0.39, 0.29) is 31.1 Å². The van der Waals surface area contributed by atoms with E-state index in [4.69, 9.17) is 23.4 Å². The van der Waals surface area contributed by atoms with Crippen molar-refractivity contribution in [3.05, 3.63) is 36.0 Å². The Kier molecular flexibility index (Phi) is 5.38. The van der Waals surface area contributed by atoms with Gasteiger partial charge in [0.1, 0.15) is 12.0 Å². The fraction of sp³-hybridized carbons (Fsp3) is 0.500. The monoisotopic (exact) mass is 388 g/mol. The second-order valence-corrected chi connectivity index (χ2v) is 7.30. The summed E-state index contributed by atoms with van der Waals surface area (Å²) in [6, 6.07) is 5.32. The van der Waals surface area contributed by atoms with Gasteiger partial charge in [0.15, 0.2) is 23.8 Å². The Hall–Kier alpha value is -2.74. The first-order valence-corrected chi connectivity index (χ1v) is 9.46. The van der Waals surface area contributed by atoms with Crippen LogP contribution in [0.4, 0.5) is 0 Å². The molecule has 1 aromatic carbocycles. The maximum atomic E-state index is 12.7. The van der Waals surface area contributed by atoms with Crippen molar-refractivity contribution in [2.24, 2.45) is 5.92 Å². The first kappa shape index (κ1) is 18.6. The number of carbonyl (C=O) groups is 1. The Bertz CT molecular complexity index is 834. The van der Waals surface area contributed by atoms with Gasteiger partial charge in [0, 0.05) is 19.2 Å². The molecule has 0 N–H and O–H groups in total. The Morgan fingerprint density at radius 3 is 3.04 bits per heavy atom. The van der Waals surface area contributed by atoms with Gasteiger partial charge in [0.2, 0.25) is 12.7 Å². The van der Waals surface area contributed by atoms with Gasteiger partial charge in [-0.2, -0.15) is 0 Å². The molecule has 0 aliphatic carbocycles. The van der Waals surface area contributed by atoms with Crippen molar-refractivity contribution < 1.29 is 28.2 Å². The molecule has 1 aromatic heterocycles. The Morgan fingerprint density at radius 2 is 2.18 bits per heavy atom. The fourth-order valence-electron chi connectivity index (χ4n) is 3.32. The van der Waals surface area contributed by atoms with Gasteiger partial charge in [-0.05, 0) is 24.5 Å². The van der Waals surface area contributed by atoms with Crippen LogP contribution in [0.2, 0.25) is 0 Å². The molecule has 2 aliphatic rings. The summed E-state index contributed by atoms with van der Waals surface area (Å²) < 4.78 is 27.4. The average Bonchev–Trinajstić information content (AvgIpc) is 3.34. The molecule has 8 heteroatoms. The molecule has 28 heavy (non-hydrogen) atoms. The lowest BCUT2D eigenvalue weighted by Crippen LogP contribution is -2.46. The summed E-state index contributed by atoms with van der Waals surface area (Å²) in [4.78, 5) is 18.8. The maximum Gasteiger partial charge on any atom is 0.275 e. The number of rotatable bonds is 6. The second-order valence-electron chi connectivity index (χ2n) is 7.30. The van der Waals surface area contributed by atoms with Gasteiger partial charge in [0.25, 0.3) is 5.91 Å². The summed E-state index contributed by atoms with van der Waals surface area (Å²) in [6.07, 6.45) is 2.38. The van der Waals surface area contributed by atoms with Crippen molar-refractivity contribution >= 4 is 5.91 Å². The molecule has 0 spiro atoms. The van der Waals surface area contributed by atoms with E-state index in [1.807, 2.05) is 0 Å². The zero-order chi connectivity index (χ0) is 19.5. The van der Waals surface area contributed by atoms with Crippen molar-refractivity contribution in [1.82, 2.24) is 9.88 Å². The van der Waals surface area contributed by atoms with E-state index in [1.165, 1.54) is 6.26 Å². The molecule has 0 radical (unpaired) electrons. The highest BCUT2D eigenvalue weighted by Crippen LogP contribution is 2.35. The third kappa shape index (κ3) is 4.22. The number of hydrogen-bond acceptors (Lipinski definition) is 7. The predicted molar refractivity (Wildman–Crippen MR) is 98.5 cm³/mol. The zero-order valence-corrected chi connectivity index (χ0v) is 16.1. The minimum absolute atomic E-state index is 0.0680. The van der Waals surface area contributed by atoms with Gasteiger partial charge in [-0.15, -0.1) is 0 Å². The summed E-state index contributed by atoms with van der Waals surface area (Å²) >= 11 is 0. The lowest BCUT2D eigenvalue weighted by atomic mass is 10.0. The summed E-state index contributed by atoms with van der Waals surface area (Å²) in [5.74, 6) is 2.66. The lowest BCUT2D eigenvalue weighted by molar-refractivity contribution is -0.0299. The van der Waals surface area contributed by atoms with Crippen LogP contribution in [0, 0.1) is 5.92 Å². The van der Waals surface area contributed by atoms with Gasteiger partial charge >= 0.3 is 0 Å². The highest BCUT2D eigenvalue weighted by Gasteiger charge is 2.27. The van der Waals surface area contributed by atoms with E-state index in [9.17, 15) is 4.79 Å². The van der Waals surface area contributed by atoms with Gasteiger partial charge in [-0.3, -0.25) is 4.79 Å². The quantitative estimate of drug-likeness (QED) is 0.752. The Morgan fingerprint density at radius 1 is 1.32 bits per heavy atom. The van der Waals surface area contributed by atoms with E-state index in [0.717, 1.165) is 6.42 Å². The molecule has 1 fully saturated rings. The normalized spacial score (nSPS) is 18.5. The van der Waals surface area contributed by atoms with Crippen molar-refractivity contribution in [1.29, 1.82) is 0 Å². The highest BCUT2D eigenvalue weighted by atomic mass is 16.7. The van der Waals surface area contributed by atoms with Gasteiger partial charge in [-0.25, -0.2) is 4.98 Å². The average molecular weight is 388 g/mol. The van der Waals surface area contributed by atoms with Gasteiger partial charge < -0.3 is 28.3 Å². The summed E-state index contributed by atoms with van der Waals surface area (Å²) in [5.41, 5.74) is 0.287. The molecule has 0 bridgehead atoms. The van der Waals surface area contributed by atoms with E-state index in [1.54, 1.807) is 23.1 Å². The summed E-state index contributed by atoms with van der Waals surface area (Å²) in [5, 5.41) is 0. The number of amides is 1. The third-order valence-electron chi connectivity index (χ3n) is 4.64. The highest BCUT2D eigenvalue weighted by molar-refractivity contribution is 5.92. The number of ether oxygens (including phenoxy) is 4. The third-order valence-corrected chi connectivity index (χ3v) is 4.64. The Labute approximate surface area is 163 Å². The first-order chi connectivity index (χ1) is 13.6. The maximum absolute atomic E-state index is 12.7. The van der Waals surface area contributed by atoms with E-state index in [0.29, 0.717) is 48.8 Å². The van der Waals surface area contributed by atoms with Gasteiger partial charge in [-0.1, -0.05) is 13.8 Å². The molecule has 2 aliphatic heterocycles. The number of oxazole rings is 1. The molecule has 0 saturated carbocycles. The minimum atomic E-state index is -0.143. The van der Waals surface area contributed by atoms with Crippen molar-refractivity contribution in [3.8, 4) is 17.2 Å². The molecular formula is C20H24N2O6. The first-order valence-electron chi connectivity index (χ1n) is 9.46. The number of nitrogens with zero attached hydrogens (tertiary/aromatic N) is 2. The largest absolute Gasteiger partial charge is 0.484 e. The van der Waals surface area contributed by atoms with Crippen LogP contribution in [0.1, 0.15) is 36.6 Å². The topological polar surface area (TPSA) is 83.3 Å². The van der Waals surface area contributed by atoms with Crippen LogP contribution >= 0.6 is 0 Å². The lowest BCUT2D eigenvalue weighted by Gasteiger charge is -2.33. The minimum Gasteiger partial charge on any atom is -0.484 e. The summed E-state index contributed by atoms with van der Waals surface area (Å²) in [6.45, 7) is 6.30. The van der Waals surface area contributed by atoms with Gasteiger partial charge in [0.05, 0.1) is 12.7 Å². The number of fused-ring (bicyclic) bond motifs is 1. The van der Waals surface area contributed by atoms with E-state index in [2.05, 4.69) is 18.8 Å². The second kappa shape index (κ2) is 8.10. The molecule has 8 nitrogen and oxygen atoms in total. The molecule has 1 unspecified atom stereocenters. The van der Waals surface area contributed by atoms with Crippen molar-refractivity contribution in [3.63, 3.8) is 0 Å². The number of carbonyl (C=O) groups excluding carboxylic acids is 1. The van der Waals surface area contributed by atoms with Crippen LogP contribution in [-0.2, 0) is 11.3 Å². The number of benzene rings is 1. The number of hydrogen-bond donors (Lipinski definition) is 0. The van der Waals surface area contributed by atoms with Crippen LogP contribution in [0.3, 0.4) is 0 Å². The van der Waals surface area contributed by atoms with E-state index < -0.39 is 0 Å². The predicted octanol–water partition coefficient (Wildman–Crippen LogP) is 2.87. The number of morpholine rings is 1. The van der Waals surface area contributed by atoms with Crippen LogP contribution in [0.25, 0.3) is 0 Å². The standard InChI is InChI=1S/C20H24N2O6/c1-13(2)7-15-9-22(5-6-24-15)20(23)16-10-26-19(21-16)11-25-14-3-4-17-18(8-14)28-12-27-17/h3-4,8,10,13,15H,5-7,9,11-12H2,1-2H3. The van der Waals surface area contributed by atoms with Crippen molar-refractivity contribution in [2.45, 2.75) is 33.0 Å². The van der Waals surface area contributed by atoms with Crippen LogP contribution in [0.15, 0.2) is 28.9 Å². The van der Waals surface area contributed by atoms with Crippen LogP contribution < -0.4 is 14.2 Å². The van der Waals surface area contributed by atoms with Crippen molar-refractivity contribution in [2.75, 3.05) is 26.5 Å². The molecule has 150 valence electrons.